The Bertz CT molecular complexity index is 2260. The van der Waals surface area contributed by atoms with Gasteiger partial charge in [0, 0.05) is 41.3 Å². The lowest BCUT2D eigenvalue weighted by Gasteiger charge is -2.26. The fourth-order valence-electron chi connectivity index (χ4n) is 6.33. The number of benzene rings is 4. The minimum atomic E-state index is -0.759. The van der Waals surface area contributed by atoms with Crippen molar-refractivity contribution in [2.45, 2.75) is 45.8 Å². The van der Waals surface area contributed by atoms with E-state index in [0.717, 1.165) is 75.9 Å². The van der Waals surface area contributed by atoms with Crippen molar-refractivity contribution in [3.8, 4) is 21.7 Å². The number of imidazole rings is 2. The molecular formula is C41H45N7O3S. The number of hydrogen-bond acceptors (Lipinski definition) is 7. The zero-order valence-electron chi connectivity index (χ0n) is 30.0. The quantitative estimate of drug-likeness (QED) is 0.0668. The second kappa shape index (κ2) is 17.2. The van der Waals surface area contributed by atoms with Crippen LogP contribution < -0.4 is 10.6 Å². The summed E-state index contributed by atoms with van der Waals surface area (Å²) >= 11 is 1.78. The summed E-state index contributed by atoms with van der Waals surface area (Å²) in [7, 11) is 3.25. The van der Waals surface area contributed by atoms with Gasteiger partial charge < -0.3 is 30.2 Å². The van der Waals surface area contributed by atoms with E-state index in [1.165, 1.54) is 15.0 Å². The second-order valence-corrected chi connectivity index (χ2v) is 13.7. The number of nitrogens with zero attached hydrogens (tertiary/aromatic N) is 3. The minimum Gasteiger partial charge on any atom is -0.388 e. The maximum Gasteiger partial charge on any atom is 0.250 e. The Labute approximate surface area is 307 Å². The number of carbonyl (C=O) groups excluding carboxylic acids is 2. The number of aromatic nitrogens is 4. The molecule has 1 unspecified atom stereocenters. The Balaban J connectivity index is 0.00000150. The zero-order valence-corrected chi connectivity index (χ0v) is 30.8. The molecule has 3 aromatic heterocycles. The van der Waals surface area contributed by atoms with Gasteiger partial charge in [-0.05, 0) is 65.6 Å². The Morgan fingerprint density at radius 3 is 2.48 bits per heavy atom. The van der Waals surface area contributed by atoms with Crippen molar-refractivity contribution >= 4 is 55.5 Å². The zero-order chi connectivity index (χ0) is 36.5. The number of aromatic amines is 2. The van der Waals surface area contributed by atoms with Crippen molar-refractivity contribution in [2.75, 3.05) is 27.3 Å². The fourth-order valence-corrected chi connectivity index (χ4v) is 7.43. The number of H-pyrrole nitrogens is 2. The third kappa shape index (κ3) is 8.23. The molecule has 1 atom stereocenters. The van der Waals surface area contributed by atoms with Crippen molar-refractivity contribution in [3.05, 3.63) is 108 Å². The molecule has 11 heteroatoms. The van der Waals surface area contributed by atoms with E-state index in [1.54, 1.807) is 30.5 Å². The molecule has 10 nitrogen and oxygen atoms in total. The van der Waals surface area contributed by atoms with Crippen LogP contribution in [0, 0.1) is 0 Å². The Morgan fingerprint density at radius 1 is 0.923 bits per heavy atom. The number of carbonyl (C=O) groups is 2. The van der Waals surface area contributed by atoms with Gasteiger partial charge in [-0.15, -0.1) is 11.3 Å². The third-order valence-electron chi connectivity index (χ3n) is 8.74. The van der Waals surface area contributed by atoms with Crippen LogP contribution in [0.4, 0.5) is 0 Å². The van der Waals surface area contributed by atoms with Crippen LogP contribution in [0.15, 0.2) is 91.1 Å². The van der Waals surface area contributed by atoms with E-state index in [1.807, 2.05) is 43.5 Å². The Morgan fingerprint density at radius 2 is 1.71 bits per heavy atom. The number of hydrogen-bond donors (Lipinski definition) is 4. The molecule has 2 amide bonds. The highest BCUT2D eigenvalue weighted by Gasteiger charge is 2.26. The Hall–Kier alpha value is -5.36. The van der Waals surface area contributed by atoms with E-state index in [9.17, 15) is 9.59 Å². The van der Waals surface area contributed by atoms with E-state index >= 15 is 0 Å². The molecule has 3 heterocycles. The summed E-state index contributed by atoms with van der Waals surface area (Å²) in [6, 6.07) is 28.1. The minimum absolute atomic E-state index is 0.167. The first-order valence-corrected chi connectivity index (χ1v) is 18.4. The number of thiophene rings is 1. The number of amides is 2. The van der Waals surface area contributed by atoms with E-state index in [0.29, 0.717) is 25.3 Å². The fraction of sp³-hybridized carbons (Fsp3) is 0.268. The van der Waals surface area contributed by atoms with Gasteiger partial charge >= 0.3 is 0 Å². The van der Waals surface area contributed by atoms with Crippen LogP contribution in [0.2, 0.25) is 0 Å². The summed E-state index contributed by atoms with van der Waals surface area (Å²) in [6.07, 6.45) is 4.37. The molecule has 0 radical (unpaired) electrons. The van der Waals surface area contributed by atoms with Gasteiger partial charge in [-0.1, -0.05) is 74.5 Å². The first-order chi connectivity index (χ1) is 25.5. The van der Waals surface area contributed by atoms with Crippen LogP contribution in [0.25, 0.3) is 53.6 Å². The van der Waals surface area contributed by atoms with Crippen LogP contribution in [-0.4, -0.2) is 64.5 Å². The van der Waals surface area contributed by atoms with E-state index in [2.05, 4.69) is 91.8 Å². The summed E-state index contributed by atoms with van der Waals surface area (Å²) in [4.78, 5) is 44.5. The number of fused-ring (bicyclic) bond motifs is 4. The van der Waals surface area contributed by atoms with Crippen LogP contribution >= 0.6 is 11.3 Å². The molecule has 7 aromatic rings. The maximum atomic E-state index is 13.7. The van der Waals surface area contributed by atoms with Crippen molar-refractivity contribution < 1.29 is 14.3 Å². The first-order valence-electron chi connectivity index (χ1n) is 17.6. The highest BCUT2D eigenvalue weighted by Crippen LogP contribution is 2.37. The van der Waals surface area contributed by atoms with Gasteiger partial charge in [-0.25, -0.2) is 9.97 Å². The van der Waals surface area contributed by atoms with Gasteiger partial charge in [0.25, 0.3) is 0 Å². The highest BCUT2D eigenvalue weighted by atomic mass is 32.1. The second-order valence-electron chi connectivity index (χ2n) is 12.7. The number of rotatable bonds is 14. The highest BCUT2D eigenvalue weighted by molar-refractivity contribution is 7.22. The maximum absolute atomic E-state index is 13.7. The molecule has 0 bridgehead atoms. The van der Waals surface area contributed by atoms with Gasteiger partial charge in [0.1, 0.15) is 17.7 Å². The third-order valence-corrected chi connectivity index (χ3v) is 9.89. The van der Waals surface area contributed by atoms with Gasteiger partial charge in [0.05, 0.1) is 36.0 Å². The topological polar surface area (TPSA) is 128 Å². The molecular weight excluding hydrogens is 671 g/mol. The molecule has 268 valence electrons. The average Bonchev–Trinajstić information content (AvgIpc) is 3.92. The molecule has 0 aliphatic carbocycles. The molecule has 0 fully saturated rings. The summed E-state index contributed by atoms with van der Waals surface area (Å²) in [6.45, 7) is 6.75. The Kier molecular flexibility index (Phi) is 12.1. The first kappa shape index (κ1) is 36.4. The lowest BCUT2D eigenvalue weighted by Crippen LogP contribution is -2.40. The average molecular weight is 716 g/mol. The lowest BCUT2D eigenvalue weighted by atomic mass is 10.0. The van der Waals surface area contributed by atoms with E-state index < -0.39 is 6.04 Å². The van der Waals surface area contributed by atoms with E-state index in [4.69, 9.17) is 4.98 Å². The van der Waals surface area contributed by atoms with Gasteiger partial charge in [0.15, 0.2) is 0 Å². The molecule has 4 aromatic carbocycles. The summed E-state index contributed by atoms with van der Waals surface area (Å²) in [5, 5.41) is 9.47. The molecule has 7 rings (SSSR count). The summed E-state index contributed by atoms with van der Waals surface area (Å²) < 4.78 is 5.48. The number of methoxy groups -OCH3 is 1. The van der Waals surface area contributed by atoms with Crippen molar-refractivity contribution in [1.82, 2.24) is 35.5 Å². The molecule has 0 saturated carbocycles. The van der Waals surface area contributed by atoms with Crippen molar-refractivity contribution in [3.63, 3.8) is 0 Å². The van der Waals surface area contributed by atoms with Gasteiger partial charge in [-0.2, -0.15) is 0 Å². The lowest BCUT2D eigenvalue weighted by molar-refractivity contribution is -0.135. The molecule has 0 saturated heterocycles. The van der Waals surface area contributed by atoms with Crippen LogP contribution in [-0.2, 0) is 27.4 Å². The number of nitrogens with one attached hydrogen (secondary N) is 4. The number of ether oxygens (including phenoxy) is 1. The van der Waals surface area contributed by atoms with Gasteiger partial charge in [-0.3, -0.25) is 9.59 Å². The summed E-state index contributed by atoms with van der Waals surface area (Å²) in [5.41, 5.74) is 5.84. The van der Waals surface area contributed by atoms with Crippen molar-refractivity contribution in [2.24, 2.45) is 0 Å². The van der Waals surface area contributed by atoms with Crippen molar-refractivity contribution in [1.29, 1.82) is 0 Å². The predicted molar refractivity (Wildman–Crippen MR) is 211 cm³/mol. The SMILES string of the molecule is CCCNCc1ncc(-c2ccc3cc(-c4ccc5c(ccc6[nH]c(CN(CCC)C(=O)C(NC=O)c7ccccc7)nc65)c4)sc3c2)[nH]1.COC. The molecule has 4 N–H and O–H groups in total. The smallest absolute Gasteiger partial charge is 0.250 e. The molecule has 0 aliphatic heterocycles. The molecule has 0 spiro atoms. The van der Waals surface area contributed by atoms with Crippen LogP contribution in [0.1, 0.15) is 49.9 Å². The summed E-state index contributed by atoms with van der Waals surface area (Å²) in [5.74, 6) is 1.48. The van der Waals surface area contributed by atoms with Crippen LogP contribution in [0.3, 0.4) is 0 Å². The van der Waals surface area contributed by atoms with Gasteiger partial charge in [0.2, 0.25) is 12.3 Å². The largest absolute Gasteiger partial charge is 0.388 e. The van der Waals surface area contributed by atoms with E-state index in [-0.39, 0.29) is 5.91 Å². The van der Waals surface area contributed by atoms with Crippen LogP contribution in [0.5, 0.6) is 0 Å². The normalized spacial score (nSPS) is 11.8. The molecule has 52 heavy (non-hydrogen) atoms. The monoisotopic (exact) mass is 715 g/mol. The predicted octanol–water partition coefficient (Wildman–Crippen LogP) is 7.98. The molecule has 0 aliphatic rings. The standard InChI is InChI=1S/C39H39N7O2S.C2H6O/c1-3-16-40-22-35-41-21-32(44-35)27-10-11-29-20-34(49-33(29)19-27)28-12-14-30-26(18-28)13-15-31-38(30)45-36(43-31)23-46(17-4-2)39(48)37(42-24-47)25-8-6-5-7-9-25;1-3-2/h5-15,18-21,24,37,40H,3-4,16-17,22-23H2,1-2H3,(H,41,44)(H,42,47)(H,43,45);1-2H3.